The van der Waals surface area contributed by atoms with Gasteiger partial charge in [0.2, 0.25) is 0 Å². The molecular formula is C16H25NO2. The van der Waals surface area contributed by atoms with Gasteiger partial charge in [-0.2, -0.15) is 0 Å². The summed E-state index contributed by atoms with van der Waals surface area (Å²) in [4.78, 5) is 0. The summed E-state index contributed by atoms with van der Waals surface area (Å²) in [5.74, 6) is 0. The first kappa shape index (κ1) is 14.5. The minimum Gasteiger partial charge on any atom is -0.376 e. The topological polar surface area (TPSA) is 30.5 Å². The van der Waals surface area contributed by atoms with Crippen molar-refractivity contribution >= 4 is 0 Å². The molecule has 1 aliphatic rings. The van der Waals surface area contributed by atoms with Gasteiger partial charge in [0.15, 0.2) is 0 Å². The fourth-order valence-electron chi connectivity index (χ4n) is 2.42. The van der Waals surface area contributed by atoms with Crippen molar-refractivity contribution in [1.29, 1.82) is 0 Å². The van der Waals surface area contributed by atoms with Gasteiger partial charge >= 0.3 is 0 Å². The van der Waals surface area contributed by atoms with Gasteiger partial charge in [0.25, 0.3) is 0 Å². The molecule has 2 unspecified atom stereocenters. The third-order valence-electron chi connectivity index (χ3n) is 3.57. The molecule has 1 heterocycles. The van der Waals surface area contributed by atoms with Gasteiger partial charge in [0, 0.05) is 0 Å². The maximum absolute atomic E-state index is 5.86. The predicted octanol–water partition coefficient (Wildman–Crippen LogP) is 2.71. The summed E-state index contributed by atoms with van der Waals surface area (Å²) in [6.45, 7) is 7.45. The van der Waals surface area contributed by atoms with Gasteiger partial charge in [-0.1, -0.05) is 38.1 Å². The summed E-state index contributed by atoms with van der Waals surface area (Å²) in [5.41, 5.74) is 2.67. The maximum atomic E-state index is 5.86. The summed E-state index contributed by atoms with van der Waals surface area (Å²) in [6, 6.07) is 9.07. The van der Waals surface area contributed by atoms with Crippen LogP contribution in [0.1, 0.15) is 37.4 Å². The summed E-state index contributed by atoms with van der Waals surface area (Å²) < 4.78 is 11.4. The average molecular weight is 263 g/mol. The first-order chi connectivity index (χ1) is 9.35. The van der Waals surface area contributed by atoms with E-state index in [0.29, 0.717) is 19.8 Å². The third kappa shape index (κ3) is 4.03. The molecule has 0 aromatic heterocycles. The van der Waals surface area contributed by atoms with Crippen molar-refractivity contribution in [3.63, 3.8) is 0 Å². The Morgan fingerprint density at radius 3 is 2.58 bits per heavy atom. The van der Waals surface area contributed by atoms with E-state index in [0.717, 1.165) is 19.4 Å². The summed E-state index contributed by atoms with van der Waals surface area (Å²) in [5, 5.41) is 3.59. The van der Waals surface area contributed by atoms with E-state index in [1.54, 1.807) is 0 Å². The second kappa shape index (κ2) is 7.63. The number of nitrogens with one attached hydrogen (secondary N) is 1. The normalized spacial score (nSPS) is 21.3. The van der Waals surface area contributed by atoms with E-state index in [4.69, 9.17) is 9.47 Å². The predicted molar refractivity (Wildman–Crippen MR) is 77.4 cm³/mol. The fraction of sp³-hybridized carbons (Fsp3) is 0.625. The molecule has 2 rings (SSSR count). The highest BCUT2D eigenvalue weighted by molar-refractivity contribution is 5.26. The summed E-state index contributed by atoms with van der Waals surface area (Å²) in [6.07, 6.45) is 2.32. The zero-order valence-electron chi connectivity index (χ0n) is 12.0. The minimum absolute atomic E-state index is 0.118. The van der Waals surface area contributed by atoms with Crippen LogP contribution in [0.3, 0.4) is 0 Å². The Kier molecular flexibility index (Phi) is 5.83. The molecule has 1 aliphatic heterocycles. The quantitative estimate of drug-likeness (QED) is 0.856. The molecule has 106 valence electrons. The number of rotatable bonds is 6. The van der Waals surface area contributed by atoms with Crippen LogP contribution in [0.4, 0.5) is 0 Å². The van der Waals surface area contributed by atoms with E-state index >= 15 is 0 Å². The summed E-state index contributed by atoms with van der Waals surface area (Å²) in [7, 11) is 0. The van der Waals surface area contributed by atoms with E-state index < -0.39 is 0 Å². The lowest BCUT2D eigenvalue weighted by molar-refractivity contribution is -0.102. The zero-order chi connectivity index (χ0) is 13.5. The average Bonchev–Trinajstić information content (AvgIpc) is 2.49. The molecular weight excluding hydrogens is 238 g/mol. The molecule has 0 aliphatic carbocycles. The zero-order valence-corrected chi connectivity index (χ0v) is 12.0. The van der Waals surface area contributed by atoms with Crippen molar-refractivity contribution in [2.75, 3.05) is 26.4 Å². The molecule has 0 bridgehead atoms. The van der Waals surface area contributed by atoms with Crippen LogP contribution in [0.5, 0.6) is 0 Å². The molecule has 3 nitrogen and oxygen atoms in total. The van der Waals surface area contributed by atoms with Gasteiger partial charge in [0.05, 0.1) is 25.9 Å². The Hall–Kier alpha value is -0.900. The molecule has 1 N–H and O–H groups in total. The first-order valence-electron chi connectivity index (χ1n) is 7.36. The number of ether oxygens (including phenoxy) is 2. The standard InChI is InChI=1S/C16H25NO2/c1-3-9-17-16(15-12-18-10-11-19-15)14-7-5-13(4-2)6-8-14/h5-8,15-17H,3-4,9-12H2,1-2H3. The Labute approximate surface area is 116 Å². The van der Waals surface area contributed by atoms with Crippen molar-refractivity contribution in [3.8, 4) is 0 Å². The lowest BCUT2D eigenvalue weighted by Crippen LogP contribution is -2.40. The molecule has 3 heteroatoms. The smallest absolute Gasteiger partial charge is 0.100 e. The molecule has 1 aromatic rings. The highest BCUT2D eigenvalue weighted by Crippen LogP contribution is 2.22. The van der Waals surface area contributed by atoms with Crippen LogP contribution in [0.2, 0.25) is 0 Å². The first-order valence-corrected chi connectivity index (χ1v) is 7.36. The van der Waals surface area contributed by atoms with E-state index in [2.05, 4.69) is 43.4 Å². The van der Waals surface area contributed by atoms with E-state index in [1.807, 2.05) is 0 Å². The second-order valence-corrected chi connectivity index (χ2v) is 5.01. The molecule has 0 saturated carbocycles. The van der Waals surface area contributed by atoms with Crippen molar-refractivity contribution in [3.05, 3.63) is 35.4 Å². The largest absolute Gasteiger partial charge is 0.376 e. The van der Waals surface area contributed by atoms with E-state index in [1.165, 1.54) is 11.1 Å². The van der Waals surface area contributed by atoms with Gasteiger partial charge in [0.1, 0.15) is 6.10 Å². The molecule has 1 aromatic carbocycles. The summed E-state index contributed by atoms with van der Waals surface area (Å²) >= 11 is 0. The number of benzene rings is 1. The SMILES string of the molecule is CCCNC(c1ccc(CC)cc1)C1COCCO1. The lowest BCUT2D eigenvalue weighted by atomic mass is 9.99. The van der Waals surface area contributed by atoms with Crippen LogP contribution in [0.25, 0.3) is 0 Å². The van der Waals surface area contributed by atoms with Crippen LogP contribution >= 0.6 is 0 Å². The van der Waals surface area contributed by atoms with Gasteiger partial charge in [-0.3, -0.25) is 0 Å². The Balaban J connectivity index is 2.10. The van der Waals surface area contributed by atoms with Gasteiger partial charge < -0.3 is 14.8 Å². The van der Waals surface area contributed by atoms with Crippen LogP contribution in [0, 0.1) is 0 Å². The number of hydrogen-bond donors (Lipinski definition) is 1. The highest BCUT2D eigenvalue weighted by atomic mass is 16.6. The van der Waals surface area contributed by atoms with Crippen molar-refractivity contribution in [2.45, 2.75) is 38.8 Å². The third-order valence-corrected chi connectivity index (χ3v) is 3.57. The van der Waals surface area contributed by atoms with Crippen LogP contribution < -0.4 is 5.32 Å². The van der Waals surface area contributed by atoms with Crippen LogP contribution in [-0.4, -0.2) is 32.5 Å². The Bertz CT molecular complexity index is 358. The number of aryl methyl sites for hydroxylation is 1. The van der Waals surface area contributed by atoms with Crippen molar-refractivity contribution in [2.24, 2.45) is 0 Å². The molecule has 2 atom stereocenters. The molecule has 0 amide bonds. The molecule has 0 spiro atoms. The molecule has 0 radical (unpaired) electrons. The molecule has 1 fully saturated rings. The lowest BCUT2D eigenvalue weighted by Gasteiger charge is -2.31. The second-order valence-electron chi connectivity index (χ2n) is 5.01. The monoisotopic (exact) mass is 263 g/mol. The fourth-order valence-corrected chi connectivity index (χ4v) is 2.42. The van der Waals surface area contributed by atoms with Crippen LogP contribution in [0.15, 0.2) is 24.3 Å². The van der Waals surface area contributed by atoms with E-state index in [-0.39, 0.29) is 12.1 Å². The van der Waals surface area contributed by atoms with Crippen molar-refractivity contribution in [1.82, 2.24) is 5.32 Å². The minimum atomic E-state index is 0.118. The maximum Gasteiger partial charge on any atom is 0.100 e. The van der Waals surface area contributed by atoms with Gasteiger partial charge in [-0.25, -0.2) is 0 Å². The van der Waals surface area contributed by atoms with Crippen molar-refractivity contribution < 1.29 is 9.47 Å². The molecule has 19 heavy (non-hydrogen) atoms. The van der Waals surface area contributed by atoms with E-state index in [9.17, 15) is 0 Å². The molecule has 1 saturated heterocycles. The number of hydrogen-bond acceptors (Lipinski definition) is 3. The van der Waals surface area contributed by atoms with Gasteiger partial charge in [-0.15, -0.1) is 0 Å². The Morgan fingerprint density at radius 1 is 1.21 bits per heavy atom. The van der Waals surface area contributed by atoms with Gasteiger partial charge in [-0.05, 0) is 30.5 Å². The Morgan fingerprint density at radius 2 is 2.00 bits per heavy atom. The highest BCUT2D eigenvalue weighted by Gasteiger charge is 2.25. The van der Waals surface area contributed by atoms with Crippen LogP contribution in [-0.2, 0) is 15.9 Å².